The molecule has 0 bridgehead atoms. The van der Waals surface area contributed by atoms with Gasteiger partial charge in [-0.15, -0.1) is 0 Å². The molecule has 0 atom stereocenters. The van der Waals surface area contributed by atoms with Crippen LogP contribution in [-0.2, 0) is 9.59 Å². The number of hydrogen-bond donors (Lipinski definition) is 2. The van der Waals surface area contributed by atoms with Crippen molar-refractivity contribution in [1.29, 1.82) is 0 Å². The van der Waals surface area contributed by atoms with Crippen LogP contribution in [0.5, 0.6) is 5.75 Å². The first-order valence-corrected chi connectivity index (χ1v) is 9.07. The van der Waals surface area contributed by atoms with E-state index in [-0.39, 0.29) is 30.0 Å². The van der Waals surface area contributed by atoms with Gasteiger partial charge in [-0.2, -0.15) is 5.10 Å². The van der Waals surface area contributed by atoms with Gasteiger partial charge in [0.25, 0.3) is 5.91 Å². The Morgan fingerprint density at radius 1 is 1.14 bits per heavy atom. The molecule has 29 heavy (non-hydrogen) atoms. The van der Waals surface area contributed by atoms with Gasteiger partial charge in [-0.05, 0) is 49.2 Å². The summed E-state index contributed by atoms with van der Waals surface area (Å²) in [6, 6.07) is 10.2. The Hall–Kier alpha value is -3.68. The molecule has 0 spiro atoms. The second-order valence-electron chi connectivity index (χ2n) is 6.78. The van der Waals surface area contributed by atoms with E-state index < -0.39 is 11.8 Å². The summed E-state index contributed by atoms with van der Waals surface area (Å²) in [6.45, 7) is 3.80. The molecule has 0 fully saturated rings. The van der Waals surface area contributed by atoms with Crippen molar-refractivity contribution in [2.75, 3.05) is 17.4 Å². The number of hydrogen-bond acceptors (Lipinski definition) is 5. The van der Waals surface area contributed by atoms with Crippen LogP contribution in [0.2, 0.25) is 0 Å². The minimum absolute atomic E-state index is 0.165. The molecular weight excluding hydrogens is 372 g/mol. The Bertz CT molecular complexity index is 1030. The molecule has 0 aliphatic carbocycles. The maximum Gasteiger partial charge on any atom is 0.271 e. The summed E-state index contributed by atoms with van der Waals surface area (Å²) < 4.78 is 5.23. The molecule has 8 heteroatoms. The first-order chi connectivity index (χ1) is 13.8. The van der Waals surface area contributed by atoms with Crippen LogP contribution in [0.3, 0.4) is 0 Å². The van der Waals surface area contributed by atoms with Crippen LogP contribution in [0, 0.1) is 13.8 Å². The van der Waals surface area contributed by atoms with Gasteiger partial charge in [-0.3, -0.25) is 14.4 Å². The average molecular weight is 394 g/mol. The molecule has 0 radical (unpaired) electrons. The van der Waals surface area contributed by atoms with Crippen molar-refractivity contribution in [3.63, 3.8) is 0 Å². The number of carbonyl (C=O) groups excluding carboxylic acids is 3. The zero-order chi connectivity index (χ0) is 21.1. The number of methoxy groups -OCH3 is 1. The molecule has 150 valence electrons. The van der Waals surface area contributed by atoms with Gasteiger partial charge in [-0.1, -0.05) is 12.1 Å². The van der Waals surface area contributed by atoms with Crippen molar-refractivity contribution in [2.45, 2.75) is 26.7 Å². The van der Waals surface area contributed by atoms with E-state index in [0.717, 1.165) is 11.1 Å². The van der Waals surface area contributed by atoms with E-state index in [9.17, 15) is 14.4 Å². The Labute approximate surface area is 168 Å². The highest BCUT2D eigenvalue weighted by Gasteiger charge is 2.27. The number of amides is 3. The lowest BCUT2D eigenvalue weighted by molar-refractivity contribution is -0.118. The van der Waals surface area contributed by atoms with Crippen LogP contribution in [-0.4, -0.2) is 30.5 Å². The molecule has 3 amide bonds. The summed E-state index contributed by atoms with van der Waals surface area (Å²) in [6.07, 6.45) is 0.377. The molecule has 3 N–H and O–H groups in total. The van der Waals surface area contributed by atoms with E-state index in [1.165, 1.54) is 24.3 Å². The van der Waals surface area contributed by atoms with E-state index in [2.05, 4.69) is 10.4 Å². The van der Waals surface area contributed by atoms with Gasteiger partial charge in [0.05, 0.1) is 18.5 Å². The molecule has 2 aromatic carbocycles. The Balaban J connectivity index is 1.91. The Kier molecular flexibility index (Phi) is 5.63. The number of benzene rings is 2. The topological polar surface area (TPSA) is 114 Å². The highest BCUT2D eigenvalue weighted by Crippen LogP contribution is 2.28. The van der Waals surface area contributed by atoms with Crippen LogP contribution in [0.1, 0.15) is 34.3 Å². The van der Waals surface area contributed by atoms with Crippen LogP contribution in [0.15, 0.2) is 41.5 Å². The summed E-state index contributed by atoms with van der Waals surface area (Å²) >= 11 is 0. The lowest BCUT2D eigenvalue weighted by Crippen LogP contribution is -2.36. The number of rotatable bonds is 5. The van der Waals surface area contributed by atoms with Gasteiger partial charge in [0.1, 0.15) is 11.5 Å². The maximum atomic E-state index is 12.8. The summed E-state index contributed by atoms with van der Waals surface area (Å²) in [5.74, 6) is -0.900. The molecule has 0 saturated carbocycles. The summed E-state index contributed by atoms with van der Waals surface area (Å²) in [5.41, 5.74) is 8.56. The SMILES string of the molecule is COc1ccc(C(N)=O)cc1NC(=O)C1=NN(c2cc(C)ccc2C)C(=O)CC1. The lowest BCUT2D eigenvalue weighted by Gasteiger charge is -2.25. The predicted octanol–water partition coefficient (Wildman–Crippen LogP) is 2.53. The minimum Gasteiger partial charge on any atom is -0.495 e. The monoisotopic (exact) mass is 394 g/mol. The van der Waals surface area contributed by atoms with Crippen molar-refractivity contribution in [1.82, 2.24) is 0 Å². The standard InChI is InChI=1S/C21H22N4O4/c1-12-4-5-13(2)17(10-12)25-19(26)9-7-15(24-25)21(28)23-16-11-14(20(22)27)6-8-18(16)29-3/h4-6,8,10-11H,7,9H2,1-3H3,(H2,22,27)(H,23,28). The van der Waals surface area contributed by atoms with Gasteiger partial charge in [0.2, 0.25) is 11.8 Å². The van der Waals surface area contributed by atoms with E-state index in [4.69, 9.17) is 10.5 Å². The van der Waals surface area contributed by atoms with E-state index >= 15 is 0 Å². The predicted molar refractivity (Wildman–Crippen MR) is 110 cm³/mol. The summed E-state index contributed by atoms with van der Waals surface area (Å²) in [4.78, 5) is 36.7. The summed E-state index contributed by atoms with van der Waals surface area (Å²) in [7, 11) is 1.45. The van der Waals surface area contributed by atoms with Crippen LogP contribution >= 0.6 is 0 Å². The third kappa shape index (κ3) is 4.26. The first kappa shape index (κ1) is 20.1. The van der Waals surface area contributed by atoms with Gasteiger partial charge in [-0.25, -0.2) is 5.01 Å². The van der Waals surface area contributed by atoms with Gasteiger partial charge in [0.15, 0.2) is 0 Å². The highest BCUT2D eigenvalue weighted by molar-refractivity contribution is 6.44. The Morgan fingerprint density at radius 2 is 1.90 bits per heavy atom. The normalized spacial score (nSPS) is 13.7. The van der Waals surface area contributed by atoms with E-state index in [1.807, 2.05) is 32.0 Å². The highest BCUT2D eigenvalue weighted by atomic mass is 16.5. The van der Waals surface area contributed by atoms with Crippen molar-refractivity contribution >= 4 is 34.8 Å². The van der Waals surface area contributed by atoms with Crippen molar-refractivity contribution < 1.29 is 19.1 Å². The smallest absolute Gasteiger partial charge is 0.271 e. The molecule has 8 nitrogen and oxygen atoms in total. The molecule has 3 rings (SSSR count). The van der Waals surface area contributed by atoms with Gasteiger partial charge >= 0.3 is 0 Å². The molecule has 0 unspecified atom stereocenters. The lowest BCUT2D eigenvalue weighted by atomic mass is 10.1. The fourth-order valence-corrected chi connectivity index (χ4v) is 3.01. The number of anilines is 2. The fraction of sp³-hybridized carbons (Fsp3) is 0.238. The Morgan fingerprint density at radius 3 is 2.59 bits per heavy atom. The van der Waals surface area contributed by atoms with Crippen LogP contribution in [0.4, 0.5) is 11.4 Å². The number of nitrogens with one attached hydrogen (secondary N) is 1. The average Bonchev–Trinajstić information content (AvgIpc) is 2.70. The summed E-state index contributed by atoms with van der Waals surface area (Å²) in [5, 5.41) is 8.27. The number of nitrogens with zero attached hydrogens (tertiary/aromatic N) is 2. The second-order valence-corrected chi connectivity index (χ2v) is 6.78. The number of primary amides is 1. The third-order valence-electron chi connectivity index (χ3n) is 4.62. The minimum atomic E-state index is -0.621. The quantitative estimate of drug-likeness (QED) is 0.811. The van der Waals surface area contributed by atoms with Crippen molar-refractivity contribution in [2.24, 2.45) is 10.8 Å². The molecule has 1 heterocycles. The zero-order valence-corrected chi connectivity index (χ0v) is 16.5. The molecule has 0 saturated heterocycles. The number of ether oxygens (including phenoxy) is 1. The number of aryl methyl sites for hydroxylation is 2. The molecule has 1 aliphatic rings. The second kappa shape index (κ2) is 8.14. The molecule has 0 aromatic heterocycles. The third-order valence-corrected chi connectivity index (χ3v) is 4.62. The largest absolute Gasteiger partial charge is 0.495 e. The first-order valence-electron chi connectivity index (χ1n) is 9.07. The van der Waals surface area contributed by atoms with E-state index in [0.29, 0.717) is 17.1 Å². The molecular formula is C21H22N4O4. The van der Waals surface area contributed by atoms with Gasteiger partial charge in [0, 0.05) is 18.4 Å². The fourth-order valence-electron chi connectivity index (χ4n) is 3.01. The van der Waals surface area contributed by atoms with Crippen LogP contribution in [0.25, 0.3) is 0 Å². The number of carbonyl (C=O) groups is 3. The van der Waals surface area contributed by atoms with E-state index in [1.54, 1.807) is 6.07 Å². The molecule has 1 aliphatic heterocycles. The van der Waals surface area contributed by atoms with Crippen molar-refractivity contribution in [3.8, 4) is 5.75 Å². The van der Waals surface area contributed by atoms with Crippen molar-refractivity contribution in [3.05, 3.63) is 53.1 Å². The maximum absolute atomic E-state index is 12.8. The van der Waals surface area contributed by atoms with Crippen LogP contribution < -0.4 is 20.8 Å². The number of nitrogens with two attached hydrogens (primary N) is 1. The zero-order valence-electron chi connectivity index (χ0n) is 16.5. The van der Waals surface area contributed by atoms with Gasteiger partial charge < -0.3 is 15.8 Å². The molecule has 2 aromatic rings. The number of hydrazone groups is 1.